The highest BCUT2D eigenvalue weighted by Gasteiger charge is 2.48. The Hall–Kier alpha value is -3.56. The first-order valence-corrected chi connectivity index (χ1v) is 11.0. The van der Waals surface area contributed by atoms with Crippen LogP contribution < -0.4 is 0 Å². The van der Waals surface area contributed by atoms with Gasteiger partial charge in [0.25, 0.3) is 0 Å². The third-order valence-electron chi connectivity index (χ3n) is 6.57. The number of alkyl halides is 6. The standard InChI is InChI=1S/C25H20F6N4/c1-3-34-21-7-5-4-6-17(21)19-12-16(8-9-22(19)34)35-23(13-32-33-35)18-10-15(24(26,27)28)11-20(14(18)2)25(29,30)31/h4-14,20H,3H2,1-2H3. The molecule has 35 heavy (non-hydrogen) atoms. The Labute approximate surface area is 196 Å². The first-order valence-electron chi connectivity index (χ1n) is 11.0. The maximum absolute atomic E-state index is 13.7. The van der Waals surface area contributed by atoms with Crippen molar-refractivity contribution in [2.45, 2.75) is 32.7 Å². The highest BCUT2D eigenvalue weighted by atomic mass is 19.4. The van der Waals surface area contributed by atoms with Crippen LogP contribution in [0.3, 0.4) is 0 Å². The van der Waals surface area contributed by atoms with Gasteiger partial charge in [-0.1, -0.05) is 36.4 Å². The molecule has 1 aliphatic rings. The maximum atomic E-state index is 13.7. The first kappa shape index (κ1) is 23.2. The lowest BCUT2D eigenvalue weighted by atomic mass is 9.79. The highest BCUT2D eigenvalue weighted by molar-refractivity contribution is 6.08. The summed E-state index contributed by atoms with van der Waals surface area (Å²) in [6.45, 7) is 4.02. The van der Waals surface area contributed by atoms with Gasteiger partial charge in [-0.25, -0.2) is 4.68 Å². The van der Waals surface area contributed by atoms with Gasteiger partial charge in [0.15, 0.2) is 0 Å². The Balaban J connectivity index is 1.67. The Morgan fingerprint density at radius 3 is 2.34 bits per heavy atom. The molecule has 182 valence electrons. The lowest BCUT2D eigenvalue weighted by molar-refractivity contribution is -0.169. The number of allylic oxidation sites excluding steroid dienone is 4. The second kappa shape index (κ2) is 8.00. The van der Waals surface area contributed by atoms with E-state index < -0.39 is 29.8 Å². The molecule has 2 unspecified atom stereocenters. The van der Waals surface area contributed by atoms with E-state index in [4.69, 9.17) is 0 Å². The van der Waals surface area contributed by atoms with E-state index in [0.29, 0.717) is 5.69 Å². The lowest BCUT2D eigenvalue weighted by Crippen LogP contribution is -2.32. The zero-order valence-electron chi connectivity index (χ0n) is 18.7. The summed E-state index contributed by atoms with van der Waals surface area (Å²) in [6, 6.07) is 13.2. The van der Waals surface area contributed by atoms with Crippen molar-refractivity contribution in [3.8, 4) is 5.69 Å². The monoisotopic (exact) mass is 490 g/mol. The molecule has 2 atom stereocenters. The fourth-order valence-electron chi connectivity index (χ4n) is 4.88. The van der Waals surface area contributed by atoms with Gasteiger partial charge < -0.3 is 4.57 Å². The molecule has 4 nitrogen and oxygen atoms in total. The van der Waals surface area contributed by atoms with Crippen LogP contribution in [0.25, 0.3) is 33.1 Å². The van der Waals surface area contributed by atoms with Gasteiger partial charge >= 0.3 is 12.4 Å². The lowest BCUT2D eigenvalue weighted by Gasteiger charge is -2.30. The fraction of sp³-hybridized carbons (Fsp3) is 0.280. The van der Waals surface area contributed by atoms with E-state index >= 15 is 0 Å². The maximum Gasteiger partial charge on any atom is 0.416 e. The predicted octanol–water partition coefficient (Wildman–Crippen LogP) is 7.10. The molecule has 5 rings (SSSR count). The number of nitrogens with zero attached hydrogens (tertiary/aromatic N) is 4. The summed E-state index contributed by atoms with van der Waals surface area (Å²) in [4.78, 5) is 0. The topological polar surface area (TPSA) is 35.6 Å². The molecule has 0 radical (unpaired) electrons. The molecular weight excluding hydrogens is 470 g/mol. The zero-order valence-corrected chi connectivity index (χ0v) is 18.7. The molecule has 0 fully saturated rings. The molecule has 0 N–H and O–H groups in total. The van der Waals surface area contributed by atoms with Crippen molar-refractivity contribution in [3.05, 3.63) is 72.1 Å². The average molecular weight is 490 g/mol. The van der Waals surface area contributed by atoms with Gasteiger partial charge in [-0.2, -0.15) is 26.3 Å². The smallest absolute Gasteiger partial charge is 0.341 e. The van der Waals surface area contributed by atoms with Gasteiger partial charge in [-0.15, -0.1) is 5.10 Å². The molecule has 2 heterocycles. The van der Waals surface area contributed by atoms with Crippen molar-refractivity contribution in [1.82, 2.24) is 19.6 Å². The molecule has 2 aromatic heterocycles. The minimum Gasteiger partial charge on any atom is -0.341 e. The van der Waals surface area contributed by atoms with Crippen LogP contribution in [0, 0.1) is 11.8 Å². The van der Waals surface area contributed by atoms with E-state index in [2.05, 4.69) is 14.9 Å². The Morgan fingerprint density at radius 1 is 0.943 bits per heavy atom. The van der Waals surface area contributed by atoms with Crippen LogP contribution in [-0.4, -0.2) is 31.9 Å². The number of benzene rings is 2. The van der Waals surface area contributed by atoms with Gasteiger partial charge in [0.05, 0.1) is 29.1 Å². The number of aryl methyl sites for hydroxylation is 1. The van der Waals surface area contributed by atoms with E-state index in [1.54, 1.807) is 6.07 Å². The molecule has 0 spiro atoms. The normalized spacial score (nSPS) is 19.3. The molecule has 4 aromatic rings. The predicted molar refractivity (Wildman–Crippen MR) is 121 cm³/mol. The summed E-state index contributed by atoms with van der Waals surface area (Å²) in [5.41, 5.74) is 1.11. The third-order valence-corrected chi connectivity index (χ3v) is 6.57. The Morgan fingerprint density at radius 2 is 1.66 bits per heavy atom. The van der Waals surface area contributed by atoms with Gasteiger partial charge in [-0.05, 0) is 48.8 Å². The van der Waals surface area contributed by atoms with Gasteiger partial charge in [0.2, 0.25) is 0 Å². The number of fused-ring (bicyclic) bond motifs is 3. The van der Waals surface area contributed by atoms with Crippen molar-refractivity contribution in [2.24, 2.45) is 11.8 Å². The molecule has 0 aliphatic heterocycles. The van der Waals surface area contributed by atoms with Crippen LogP contribution in [0.4, 0.5) is 26.3 Å². The number of aromatic nitrogens is 4. The van der Waals surface area contributed by atoms with Crippen LogP contribution >= 0.6 is 0 Å². The molecule has 10 heteroatoms. The van der Waals surface area contributed by atoms with Crippen molar-refractivity contribution in [2.75, 3.05) is 0 Å². The summed E-state index contributed by atoms with van der Waals surface area (Å²) in [7, 11) is 0. The largest absolute Gasteiger partial charge is 0.416 e. The first-order chi connectivity index (χ1) is 16.5. The molecule has 2 aromatic carbocycles. The van der Waals surface area contributed by atoms with Crippen LogP contribution in [0.5, 0.6) is 0 Å². The van der Waals surface area contributed by atoms with Crippen LogP contribution in [0.2, 0.25) is 0 Å². The van der Waals surface area contributed by atoms with E-state index in [1.165, 1.54) is 17.8 Å². The molecular formula is C25H20F6N4. The van der Waals surface area contributed by atoms with E-state index in [-0.39, 0.29) is 17.3 Å². The third kappa shape index (κ3) is 3.81. The summed E-state index contributed by atoms with van der Waals surface area (Å²) in [6.07, 6.45) is -7.53. The minimum atomic E-state index is -4.92. The second-order valence-electron chi connectivity index (χ2n) is 8.57. The molecule has 1 aliphatic carbocycles. The zero-order chi connectivity index (χ0) is 25.1. The number of hydrogen-bond acceptors (Lipinski definition) is 2. The van der Waals surface area contributed by atoms with Gasteiger partial charge in [-0.3, -0.25) is 0 Å². The summed E-state index contributed by atoms with van der Waals surface area (Å²) < 4.78 is 85.0. The quantitative estimate of drug-likeness (QED) is 0.287. The van der Waals surface area contributed by atoms with Gasteiger partial charge in [0, 0.05) is 28.4 Å². The summed E-state index contributed by atoms with van der Waals surface area (Å²) >= 11 is 0. The van der Waals surface area contributed by atoms with Crippen LogP contribution in [0.15, 0.2) is 66.4 Å². The number of halogens is 6. The minimum absolute atomic E-state index is 0.0835. The van der Waals surface area contributed by atoms with E-state index in [1.807, 2.05) is 43.3 Å². The second-order valence-corrected chi connectivity index (χ2v) is 8.57. The van der Waals surface area contributed by atoms with Crippen LogP contribution in [-0.2, 0) is 6.54 Å². The Kier molecular flexibility index (Phi) is 5.30. The summed E-state index contributed by atoms with van der Waals surface area (Å²) in [5.74, 6) is -3.54. The van der Waals surface area contributed by atoms with Crippen molar-refractivity contribution in [1.29, 1.82) is 0 Å². The SMILES string of the molecule is CCn1c2ccccc2c2cc(-n3nncc3C3=CC(C(F)(F)F)=CC(C(F)(F)F)C3C)ccc21. The fourth-order valence-corrected chi connectivity index (χ4v) is 4.88. The highest BCUT2D eigenvalue weighted by Crippen LogP contribution is 2.46. The van der Waals surface area contributed by atoms with E-state index in [9.17, 15) is 26.3 Å². The average Bonchev–Trinajstić information content (AvgIpc) is 3.40. The van der Waals surface area contributed by atoms with Gasteiger partial charge in [0.1, 0.15) is 0 Å². The number of rotatable bonds is 3. The van der Waals surface area contributed by atoms with Crippen LogP contribution in [0.1, 0.15) is 19.5 Å². The van der Waals surface area contributed by atoms with E-state index in [0.717, 1.165) is 34.4 Å². The molecule has 0 amide bonds. The van der Waals surface area contributed by atoms with Crippen molar-refractivity contribution >= 4 is 27.4 Å². The van der Waals surface area contributed by atoms with Crippen molar-refractivity contribution in [3.63, 3.8) is 0 Å². The van der Waals surface area contributed by atoms with Crippen molar-refractivity contribution < 1.29 is 26.3 Å². The molecule has 0 bridgehead atoms. The Bertz CT molecular complexity index is 1490. The molecule has 0 saturated heterocycles. The molecule has 0 saturated carbocycles. The number of hydrogen-bond donors (Lipinski definition) is 0. The summed E-state index contributed by atoms with van der Waals surface area (Å²) in [5, 5.41) is 9.74. The number of para-hydroxylation sites is 1.